The van der Waals surface area contributed by atoms with Crippen molar-refractivity contribution in [3.63, 3.8) is 0 Å². The molecule has 1 atom stereocenters. The Kier molecular flexibility index (Phi) is 16.4. The maximum atomic E-state index is 11.5. The topological polar surface area (TPSA) is 70.0 Å². The van der Waals surface area contributed by atoms with E-state index in [1.807, 2.05) is 0 Å². The SMILES string of the molecule is [CH2]C(Oc1ccc(O)cc1)N(CCCCCCCCCCCCCCCCCC)C(=O)O. The highest BCUT2D eigenvalue weighted by molar-refractivity contribution is 5.65. The lowest BCUT2D eigenvalue weighted by molar-refractivity contribution is 0.0559. The molecule has 32 heavy (non-hydrogen) atoms. The number of carboxylic acid groups (broad SMARTS) is 1. The second-order valence-electron chi connectivity index (χ2n) is 8.85. The third-order valence-corrected chi connectivity index (χ3v) is 5.95. The van der Waals surface area contributed by atoms with E-state index in [9.17, 15) is 15.0 Å². The Morgan fingerprint density at radius 2 is 1.22 bits per heavy atom. The molecule has 1 unspecified atom stereocenters. The Morgan fingerprint density at radius 3 is 1.62 bits per heavy atom. The van der Waals surface area contributed by atoms with Gasteiger partial charge in [0.1, 0.15) is 11.5 Å². The van der Waals surface area contributed by atoms with Crippen LogP contribution in [-0.4, -0.2) is 34.0 Å². The molecular formula is C27H46NO4. The van der Waals surface area contributed by atoms with E-state index in [0.717, 1.165) is 19.3 Å². The summed E-state index contributed by atoms with van der Waals surface area (Å²) in [6, 6.07) is 6.20. The van der Waals surface area contributed by atoms with Crippen molar-refractivity contribution in [2.75, 3.05) is 6.54 Å². The van der Waals surface area contributed by atoms with Gasteiger partial charge in [-0.25, -0.2) is 4.79 Å². The van der Waals surface area contributed by atoms with E-state index in [-0.39, 0.29) is 5.75 Å². The molecule has 0 saturated heterocycles. The van der Waals surface area contributed by atoms with Gasteiger partial charge in [0.2, 0.25) is 0 Å². The normalized spacial score (nSPS) is 11.9. The summed E-state index contributed by atoms with van der Waals surface area (Å²) in [6.07, 6.45) is 18.8. The first-order valence-electron chi connectivity index (χ1n) is 12.8. The van der Waals surface area contributed by atoms with Crippen LogP contribution in [0.5, 0.6) is 11.5 Å². The Morgan fingerprint density at radius 1 is 0.812 bits per heavy atom. The monoisotopic (exact) mass is 448 g/mol. The van der Waals surface area contributed by atoms with E-state index < -0.39 is 12.3 Å². The molecule has 1 aromatic rings. The zero-order valence-electron chi connectivity index (χ0n) is 20.3. The van der Waals surface area contributed by atoms with Crippen molar-refractivity contribution >= 4 is 6.09 Å². The standard InChI is InChI=1S/C27H46NO4/c1-3-4-5-6-7-8-9-10-11-12-13-14-15-16-17-18-23-28(27(30)31)24(2)32-26-21-19-25(29)20-22-26/h19-22,24,29H,2-18,23H2,1H3,(H,30,31). The lowest BCUT2D eigenvalue weighted by Gasteiger charge is -2.26. The molecule has 1 radical (unpaired) electrons. The van der Waals surface area contributed by atoms with Gasteiger partial charge in [0.25, 0.3) is 0 Å². The highest BCUT2D eigenvalue weighted by Gasteiger charge is 2.20. The molecule has 0 aliphatic carbocycles. The number of carbonyl (C=O) groups is 1. The first-order chi connectivity index (χ1) is 15.5. The van der Waals surface area contributed by atoms with Crippen molar-refractivity contribution in [3.05, 3.63) is 31.2 Å². The lowest BCUT2D eigenvalue weighted by atomic mass is 10.0. The van der Waals surface area contributed by atoms with Crippen LogP contribution in [0.4, 0.5) is 4.79 Å². The van der Waals surface area contributed by atoms with Gasteiger partial charge in [-0.1, -0.05) is 103 Å². The number of amides is 1. The number of nitrogens with zero attached hydrogens (tertiary/aromatic N) is 1. The third-order valence-electron chi connectivity index (χ3n) is 5.95. The number of rotatable bonds is 20. The van der Waals surface area contributed by atoms with Crippen LogP contribution in [0.25, 0.3) is 0 Å². The van der Waals surface area contributed by atoms with Gasteiger partial charge in [-0.05, 0) is 30.7 Å². The molecule has 0 spiro atoms. The number of benzene rings is 1. The highest BCUT2D eigenvalue weighted by Crippen LogP contribution is 2.19. The fourth-order valence-electron chi connectivity index (χ4n) is 3.94. The van der Waals surface area contributed by atoms with Gasteiger partial charge in [0.15, 0.2) is 6.23 Å². The summed E-state index contributed by atoms with van der Waals surface area (Å²) in [6.45, 7) is 6.51. The van der Waals surface area contributed by atoms with Gasteiger partial charge in [-0.3, -0.25) is 4.90 Å². The first kappa shape index (κ1) is 28.1. The van der Waals surface area contributed by atoms with Crippen LogP contribution in [0.3, 0.4) is 0 Å². The molecule has 5 heteroatoms. The summed E-state index contributed by atoms with van der Waals surface area (Å²) < 4.78 is 5.60. The maximum Gasteiger partial charge on any atom is 0.410 e. The molecule has 0 fully saturated rings. The molecular weight excluding hydrogens is 402 g/mol. The summed E-state index contributed by atoms with van der Waals surface area (Å²) in [5, 5.41) is 18.8. The van der Waals surface area contributed by atoms with Crippen LogP contribution in [0.1, 0.15) is 110 Å². The number of aromatic hydroxyl groups is 1. The van der Waals surface area contributed by atoms with E-state index >= 15 is 0 Å². The van der Waals surface area contributed by atoms with Crippen molar-refractivity contribution in [3.8, 4) is 11.5 Å². The van der Waals surface area contributed by atoms with Gasteiger partial charge in [-0.2, -0.15) is 0 Å². The molecule has 0 aliphatic heterocycles. The fourth-order valence-corrected chi connectivity index (χ4v) is 3.94. The van der Waals surface area contributed by atoms with Crippen LogP contribution in [0.15, 0.2) is 24.3 Å². The molecule has 1 rings (SSSR count). The number of hydrogen-bond donors (Lipinski definition) is 2. The average molecular weight is 449 g/mol. The molecule has 1 amide bonds. The van der Waals surface area contributed by atoms with Crippen LogP contribution >= 0.6 is 0 Å². The molecule has 5 nitrogen and oxygen atoms in total. The maximum absolute atomic E-state index is 11.5. The van der Waals surface area contributed by atoms with E-state index in [2.05, 4.69) is 13.8 Å². The van der Waals surface area contributed by atoms with E-state index in [4.69, 9.17) is 4.74 Å². The minimum atomic E-state index is -1.02. The largest absolute Gasteiger partial charge is 0.508 e. The van der Waals surface area contributed by atoms with Gasteiger partial charge < -0.3 is 14.9 Å². The van der Waals surface area contributed by atoms with Crippen molar-refractivity contribution < 1.29 is 19.7 Å². The van der Waals surface area contributed by atoms with Gasteiger partial charge in [0, 0.05) is 13.5 Å². The zero-order chi connectivity index (χ0) is 23.4. The predicted octanol–water partition coefficient (Wildman–Crippen LogP) is 8.17. The van der Waals surface area contributed by atoms with Crippen LogP contribution in [0.2, 0.25) is 0 Å². The van der Waals surface area contributed by atoms with Crippen molar-refractivity contribution in [2.24, 2.45) is 0 Å². The van der Waals surface area contributed by atoms with Crippen LogP contribution < -0.4 is 4.74 Å². The first-order valence-corrected chi connectivity index (χ1v) is 12.8. The minimum absolute atomic E-state index is 0.140. The summed E-state index contributed by atoms with van der Waals surface area (Å²) >= 11 is 0. The molecule has 2 N–H and O–H groups in total. The van der Waals surface area contributed by atoms with E-state index in [0.29, 0.717) is 12.3 Å². The van der Waals surface area contributed by atoms with E-state index in [1.165, 1.54) is 101 Å². The Bertz CT molecular complexity index is 576. The number of ether oxygens (including phenoxy) is 1. The lowest BCUT2D eigenvalue weighted by Crippen LogP contribution is -2.41. The molecule has 0 aliphatic rings. The summed E-state index contributed by atoms with van der Waals surface area (Å²) in [7, 11) is 0. The fraction of sp³-hybridized carbons (Fsp3) is 0.704. The van der Waals surface area contributed by atoms with Crippen molar-refractivity contribution in [1.82, 2.24) is 4.90 Å². The molecule has 0 bridgehead atoms. The molecule has 0 heterocycles. The summed E-state index contributed by atoms with van der Waals surface area (Å²) in [5.74, 6) is 0.627. The van der Waals surface area contributed by atoms with Crippen LogP contribution in [0, 0.1) is 6.92 Å². The summed E-state index contributed by atoms with van der Waals surface area (Å²) in [4.78, 5) is 12.8. The third kappa shape index (κ3) is 14.2. The Labute approximate surface area is 196 Å². The number of phenolic OH excluding ortho intramolecular Hbond substituents is 1. The molecule has 183 valence electrons. The van der Waals surface area contributed by atoms with E-state index in [1.54, 1.807) is 12.1 Å². The highest BCUT2D eigenvalue weighted by atomic mass is 16.5. The molecule has 0 aromatic heterocycles. The van der Waals surface area contributed by atoms with Crippen molar-refractivity contribution in [2.45, 2.75) is 116 Å². The second-order valence-corrected chi connectivity index (χ2v) is 8.85. The molecule has 0 saturated carbocycles. The summed E-state index contributed by atoms with van der Waals surface area (Å²) in [5.41, 5.74) is 0. The van der Waals surface area contributed by atoms with Gasteiger partial charge in [-0.15, -0.1) is 0 Å². The Balaban J connectivity index is 1.99. The minimum Gasteiger partial charge on any atom is -0.508 e. The smallest absolute Gasteiger partial charge is 0.410 e. The second kappa shape index (κ2) is 18.6. The van der Waals surface area contributed by atoms with Gasteiger partial charge >= 0.3 is 6.09 Å². The number of phenols is 1. The molecule has 1 aromatic carbocycles. The number of hydrogen-bond acceptors (Lipinski definition) is 3. The average Bonchev–Trinajstić information content (AvgIpc) is 2.77. The zero-order valence-corrected chi connectivity index (χ0v) is 20.3. The van der Waals surface area contributed by atoms with Crippen LogP contribution in [-0.2, 0) is 0 Å². The number of unbranched alkanes of at least 4 members (excludes halogenated alkanes) is 15. The predicted molar refractivity (Wildman–Crippen MR) is 132 cm³/mol. The van der Waals surface area contributed by atoms with Crippen molar-refractivity contribution in [1.29, 1.82) is 0 Å². The Hall–Kier alpha value is -1.91. The van der Waals surface area contributed by atoms with Gasteiger partial charge in [0.05, 0.1) is 0 Å². The quantitative estimate of drug-likeness (QED) is 0.156.